The van der Waals surface area contributed by atoms with E-state index in [2.05, 4.69) is 20.5 Å². The number of carbonyl (C=O) groups excluding carboxylic acids is 1. The zero-order valence-electron chi connectivity index (χ0n) is 19.2. The number of pyridine rings is 1. The summed E-state index contributed by atoms with van der Waals surface area (Å²) in [7, 11) is 1.61. The SMILES string of the molecule is COc1ccc(-c2[nH]nc3nc(-c4ccc(F)cc4)cc(C(=O)NC(C)c4ccccc4)c23)cc1. The van der Waals surface area contributed by atoms with Gasteiger partial charge in [-0.2, -0.15) is 5.10 Å². The summed E-state index contributed by atoms with van der Waals surface area (Å²) >= 11 is 0. The number of aromatic nitrogens is 3. The molecule has 6 nitrogen and oxygen atoms in total. The van der Waals surface area contributed by atoms with Crippen molar-refractivity contribution in [1.82, 2.24) is 20.5 Å². The van der Waals surface area contributed by atoms with Gasteiger partial charge in [-0.05, 0) is 67.1 Å². The topological polar surface area (TPSA) is 79.9 Å². The molecule has 0 aliphatic heterocycles. The Hall–Kier alpha value is -4.52. The average molecular weight is 467 g/mol. The van der Waals surface area contributed by atoms with E-state index in [4.69, 9.17) is 4.74 Å². The Labute approximate surface area is 201 Å². The van der Waals surface area contributed by atoms with Crippen molar-refractivity contribution in [2.24, 2.45) is 0 Å². The maximum absolute atomic E-state index is 13.6. The highest BCUT2D eigenvalue weighted by molar-refractivity contribution is 6.11. The lowest BCUT2D eigenvalue weighted by Crippen LogP contribution is -2.27. The Morgan fingerprint density at radius 2 is 1.66 bits per heavy atom. The molecular formula is C28H23FN4O2. The van der Waals surface area contributed by atoms with Gasteiger partial charge in [0.05, 0.1) is 35.5 Å². The van der Waals surface area contributed by atoms with Crippen LogP contribution in [0, 0.1) is 5.82 Å². The van der Waals surface area contributed by atoms with Crippen molar-refractivity contribution in [3.8, 4) is 28.3 Å². The molecule has 174 valence electrons. The predicted octanol–water partition coefficient (Wildman–Crippen LogP) is 5.93. The summed E-state index contributed by atoms with van der Waals surface area (Å²) in [5.74, 6) is 0.128. The van der Waals surface area contributed by atoms with Crippen molar-refractivity contribution in [1.29, 1.82) is 0 Å². The predicted molar refractivity (Wildman–Crippen MR) is 134 cm³/mol. The molecule has 2 heterocycles. The molecule has 0 bridgehead atoms. The number of hydrogen-bond acceptors (Lipinski definition) is 4. The Morgan fingerprint density at radius 3 is 2.34 bits per heavy atom. The highest BCUT2D eigenvalue weighted by Crippen LogP contribution is 2.32. The molecule has 5 aromatic rings. The maximum Gasteiger partial charge on any atom is 0.252 e. The van der Waals surface area contributed by atoms with Crippen LogP contribution in [0.15, 0.2) is 84.9 Å². The fraction of sp³-hybridized carbons (Fsp3) is 0.107. The molecule has 5 rings (SSSR count). The van der Waals surface area contributed by atoms with Gasteiger partial charge in [0.15, 0.2) is 5.65 Å². The quantitative estimate of drug-likeness (QED) is 0.325. The van der Waals surface area contributed by atoms with E-state index >= 15 is 0 Å². The van der Waals surface area contributed by atoms with Crippen LogP contribution >= 0.6 is 0 Å². The summed E-state index contributed by atoms with van der Waals surface area (Å²) in [4.78, 5) is 18.3. The molecule has 0 saturated carbocycles. The van der Waals surface area contributed by atoms with Gasteiger partial charge in [0, 0.05) is 11.1 Å². The Kier molecular flexibility index (Phi) is 5.97. The van der Waals surface area contributed by atoms with Crippen molar-refractivity contribution < 1.29 is 13.9 Å². The first kappa shape index (κ1) is 22.3. The average Bonchev–Trinajstić information content (AvgIpc) is 3.33. The van der Waals surface area contributed by atoms with Gasteiger partial charge in [-0.15, -0.1) is 0 Å². The second-order valence-electron chi connectivity index (χ2n) is 8.19. The number of fused-ring (bicyclic) bond motifs is 1. The van der Waals surface area contributed by atoms with Gasteiger partial charge in [0.1, 0.15) is 11.6 Å². The molecule has 35 heavy (non-hydrogen) atoms. The zero-order valence-corrected chi connectivity index (χ0v) is 19.2. The Morgan fingerprint density at radius 1 is 0.971 bits per heavy atom. The smallest absolute Gasteiger partial charge is 0.252 e. The normalized spacial score (nSPS) is 11.9. The first-order chi connectivity index (χ1) is 17.0. The molecule has 0 saturated heterocycles. The molecule has 2 aromatic heterocycles. The van der Waals surface area contributed by atoms with Gasteiger partial charge in [0.25, 0.3) is 5.91 Å². The van der Waals surface area contributed by atoms with Gasteiger partial charge >= 0.3 is 0 Å². The van der Waals surface area contributed by atoms with Crippen molar-refractivity contribution in [3.63, 3.8) is 0 Å². The molecule has 1 amide bonds. The molecular weight excluding hydrogens is 443 g/mol. The number of H-pyrrole nitrogens is 1. The minimum absolute atomic E-state index is 0.211. The second kappa shape index (κ2) is 9.38. The van der Waals surface area contributed by atoms with Gasteiger partial charge in [0.2, 0.25) is 0 Å². The van der Waals surface area contributed by atoms with Gasteiger partial charge in [-0.3, -0.25) is 9.89 Å². The van der Waals surface area contributed by atoms with Crippen molar-refractivity contribution in [3.05, 3.63) is 102 Å². The largest absolute Gasteiger partial charge is 0.497 e. The summed E-state index contributed by atoms with van der Waals surface area (Å²) in [5, 5.41) is 11.1. The van der Waals surface area contributed by atoms with Crippen LogP contribution in [0.1, 0.15) is 28.9 Å². The van der Waals surface area contributed by atoms with E-state index in [1.165, 1.54) is 12.1 Å². The van der Waals surface area contributed by atoms with E-state index < -0.39 is 0 Å². The summed E-state index contributed by atoms with van der Waals surface area (Å²) in [6.45, 7) is 1.94. The lowest BCUT2D eigenvalue weighted by molar-refractivity contribution is 0.0941. The van der Waals surface area contributed by atoms with Crippen molar-refractivity contribution in [2.75, 3.05) is 7.11 Å². The monoisotopic (exact) mass is 466 g/mol. The van der Waals surface area contributed by atoms with Crippen molar-refractivity contribution >= 4 is 16.9 Å². The minimum Gasteiger partial charge on any atom is -0.497 e. The Balaban J connectivity index is 1.63. The number of nitrogens with one attached hydrogen (secondary N) is 2. The van der Waals surface area contributed by atoms with Gasteiger partial charge < -0.3 is 10.1 Å². The van der Waals surface area contributed by atoms with E-state index in [1.54, 1.807) is 25.3 Å². The van der Waals surface area contributed by atoms with E-state index in [0.717, 1.165) is 16.9 Å². The summed E-state index contributed by atoms with van der Waals surface area (Å²) in [6.07, 6.45) is 0. The van der Waals surface area contributed by atoms with E-state index in [1.807, 2.05) is 61.5 Å². The summed E-state index contributed by atoms with van der Waals surface area (Å²) in [5.41, 5.74) is 4.56. The third-order valence-corrected chi connectivity index (χ3v) is 5.93. The van der Waals surface area contributed by atoms with Crippen LogP contribution in [0.4, 0.5) is 4.39 Å². The van der Waals surface area contributed by atoms with Crippen LogP contribution in [0.5, 0.6) is 5.75 Å². The molecule has 0 spiro atoms. The van der Waals surface area contributed by atoms with Crippen LogP contribution in [0.2, 0.25) is 0 Å². The molecule has 0 radical (unpaired) electrons. The van der Waals surface area contributed by atoms with Gasteiger partial charge in [-0.25, -0.2) is 9.37 Å². The standard InChI is InChI=1S/C28H23FN4O2/c1-17(18-6-4-3-5-7-18)30-28(34)23-16-24(19-8-12-21(29)13-9-19)31-27-25(23)26(32-33-27)20-10-14-22(35-2)15-11-20/h3-17H,1-2H3,(H,30,34)(H,31,32,33). The van der Waals surface area contributed by atoms with Crippen molar-refractivity contribution in [2.45, 2.75) is 13.0 Å². The van der Waals surface area contributed by atoms with E-state index in [0.29, 0.717) is 33.5 Å². The highest BCUT2D eigenvalue weighted by atomic mass is 19.1. The maximum atomic E-state index is 13.6. The van der Waals surface area contributed by atoms with Crippen LogP contribution in [0.3, 0.4) is 0 Å². The number of aromatic amines is 1. The third-order valence-electron chi connectivity index (χ3n) is 5.93. The zero-order chi connectivity index (χ0) is 24.4. The minimum atomic E-state index is -0.342. The number of hydrogen-bond donors (Lipinski definition) is 2. The molecule has 2 N–H and O–H groups in total. The number of nitrogens with zero attached hydrogens (tertiary/aromatic N) is 2. The second-order valence-corrected chi connectivity index (χ2v) is 8.19. The molecule has 0 aliphatic carbocycles. The number of benzene rings is 3. The first-order valence-electron chi connectivity index (χ1n) is 11.2. The van der Waals surface area contributed by atoms with Crippen LogP contribution in [0.25, 0.3) is 33.5 Å². The number of methoxy groups -OCH3 is 1. The molecule has 3 aromatic carbocycles. The summed E-state index contributed by atoms with van der Waals surface area (Å²) < 4.78 is 18.8. The lowest BCUT2D eigenvalue weighted by Gasteiger charge is -2.15. The fourth-order valence-electron chi connectivity index (χ4n) is 4.04. The molecule has 1 atom stereocenters. The molecule has 1 unspecified atom stereocenters. The highest BCUT2D eigenvalue weighted by Gasteiger charge is 2.22. The number of amides is 1. The molecule has 7 heteroatoms. The van der Waals surface area contributed by atoms with Crippen LogP contribution in [-0.2, 0) is 0 Å². The van der Waals surface area contributed by atoms with Gasteiger partial charge in [-0.1, -0.05) is 30.3 Å². The van der Waals surface area contributed by atoms with Crippen LogP contribution < -0.4 is 10.1 Å². The lowest BCUT2D eigenvalue weighted by atomic mass is 10.0. The first-order valence-corrected chi connectivity index (χ1v) is 11.2. The Bertz CT molecular complexity index is 1480. The fourth-order valence-corrected chi connectivity index (χ4v) is 4.04. The molecule has 0 aliphatic rings. The van der Waals surface area contributed by atoms with E-state index in [9.17, 15) is 9.18 Å². The number of rotatable bonds is 6. The number of carbonyl (C=O) groups is 1. The van der Waals surface area contributed by atoms with E-state index in [-0.39, 0.29) is 17.8 Å². The summed E-state index contributed by atoms with van der Waals surface area (Å²) in [6, 6.07) is 24.8. The number of halogens is 1. The third kappa shape index (κ3) is 4.48. The van der Waals surface area contributed by atoms with Crippen LogP contribution in [-0.4, -0.2) is 28.2 Å². The number of ether oxygens (including phenoxy) is 1. The molecule has 0 fully saturated rings.